The molecule has 3 nitrogen and oxygen atoms in total. The molecule has 2 aliphatic rings. The molecule has 1 fully saturated rings. The molecule has 0 saturated heterocycles. The number of nitrogens with two attached hydrogens (primary N) is 1. The van der Waals surface area contributed by atoms with Crippen LogP contribution in [0.3, 0.4) is 0 Å². The molecule has 2 aliphatic carbocycles. The van der Waals surface area contributed by atoms with Gasteiger partial charge in [0.2, 0.25) is 5.91 Å². The summed E-state index contributed by atoms with van der Waals surface area (Å²) in [4.78, 5) is 12.4. The van der Waals surface area contributed by atoms with Crippen LogP contribution in [0.5, 0.6) is 0 Å². The third kappa shape index (κ3) is 2.88. The van der Waals surface area contributed by atoms with Gasteiger partial charge in [0, 0.05) is 12.1 Å². The SMILES string of the molecule is NC1CCCCC1C(=O)NC1CCc2ccccc2C1. The van der Waals surface area contributed by atoms with Crippen LogP contribution in [0.25, 0.3) is 0 Å². The topological polar surface area (TPSA) is 55.1 Å². The maximum atomic E-state index is 12.4. The summed E-state index contributed by atoms with van der Waals surface area (Å²) >= 11 is 0. The fraction of sp³-hybridized carbons (Fsp3) is 0.588. The second-order valence-corrected chi connectivity index (χ2v) is 6.27. The number of rotatable bonds is 2. The van der Waals surface area contributed by atoms with E-state index >= 15 is 0 Å². The molecule has 1 aromatic carbocycles. The molecule has 1 amide bonds. The number of benzene rings is 1. The van der Waals surface area contributed by atoms with Crippen LogP contribution in [-0.4, -0.2) is 18.0 Å². The van der Waals surface area contributed by atoms with Gasteiger partial charge in [0.05, 0.1) is 5.92 Å². The number of aryl methyl sites for hydroxylation is 1. The normalized spacial score (nSPS) is 29.6. The molecule has 0 heterocycles. The first-order chi connectivity index (χ1) is 9.74. The largest absolute Gasteiger partial charge is 0.353 e. The second-order valence-electron chi connectivity index (χ2n) is 6.27. The van der Waals surface area contributed by atoms with Gasteiger partial charge in [0.25, 0.3) is 0 Å². The van der Waals surface area contributed by atoms with E-state index in [1.54, 1.807) is 0 Å². The van der Waals surface area contributed by atoms with E-state index < -0.39 is 0 Å². The van der Waals surface area contributed by atoms with E-state index in [-0.39, 0.29) is 23.9 Å². The van der Waals surface area contributed by atoms with Gasteiger partial charge in [-0.25, -0.2) is 0 Å². The molecular weight excluding hydrogens is 248 g/mol. The van der Waals surface area contributed by atoms with Gasteiger partial charge in [-0.15, -0.1) is 0 Å². The van der Waals surface area contributed by atoms with Crippen LogP contribution in [0.4, 0.5) is 0 Å². The number of carbonyl (C=O) groups is 1. The Bertz CT molecular complexity index is 486. The van der Waals surface area contributed by atoms with Crippen LogP contribution in [-0.2, 0) is 17.6 Å². The lowest BCUT2D eigenvalue weighted by Crippen LogP contribution is -2.48. The van der Waals surface area contributed by atoms with Crippen molar-refractivity contribution in [1.82, 2.24) is 5.32 Å². The van der Waals surface area contributed by atoms with Crippen LogP contribution in [0, 0.1) is 5.92 Å². The highest BCUT2D eigenvalue weighted by atomic mass is 16.2. The zero-order chi connectivity index (χ0) is 13.9. The van der Waals surface area contributed by atoms with Crippen molar-refractivity contribution in [3.63, 3.8) is 0 Å². The minimum absolute atomic E-state index is 0.0286. The van der Waals surface area contributed by atoms with Gasteiger partial charge in [-0.2, -0.15) is 0 Å². The monoisotopic (exact) mass is 272 g/mol. The number of fused-ring (bicyclic) bond motifs is 1. The van der Waals surface area contributed by atoms with Gasteiger partial charge in [-0.05, 0) is 43.2 Å². The minimum Gasteiger partial charge on any atom is -0.353 e. The van der Waals surface area contributed by atoms with E-state index in [1.165, 1.54) is 17.5 Å². The Balaban J connectivity index is 1.60. The van der Waals surface area contributed by atoms with Crippen molar-refractivity contribution in [1.29, 1.82) is 0 Å². The molecule has 0 spiro atoms. The minimum atomic E-state index is 0.0286. The Hall–Kier alpha value is -1.35. The van der Waals surface area contributed by atoms with Gasteiger partial charge in [0.1, 0.15) is 0 Å². The quantitative estimate of drug-likeness (QED) is 0.867. The second kappa shape index (κ2) is 5.96. The summed E-state index contributed by atoms with van der Waals surface area (Å²) in [6.07, 6.45) is 7.33. The number of amides is 1. The molecule has 3 heteroatoms. The summed E-state index contributed by atoms with van der Waals surface area (Å²) in [5, 5.41) is 3.24. The van der Waals surface area contributed by atoms with Crippen LogP contribution < -0.4 is 11.1 Å². The number of hydrogen-bond acceptors (Lipinski definition) is 2. The van der Waals surface area contributed by atoms with Gasteiger partial charge in [0.15, 0.2) is 0 Å². The van der Waals surface area contributed by atoms with E-state index in [0.717, 1.165) is 38.5 Å². The average molecular weight is 272 g/mol. The lowest BCUT2D eigenvalue weighted by Gasteiger charge is -2.31. The summed E-state index contributed by atoms with van der Waals surface area (Å²) in [5.41, 5.74) is 8.92. The maximum Gasteiger partial charge on any atom is 0.224 e. The smallest absolute Gasteiger partial charge is 0.224 e. The standard InChI is InChI=1S/C17H24N2O/c18-16-8-4-3-7-15(16)17(20)19-14-10-9-12-5-1-2-6-13(12)11-14/h1-2,5-6,14-16H,3-4,7-11,18H2,(H,19,20). The van der Waals surface area contributed by atoms with E-state index in [9.17, 15) is 4.79 Å². The molecular formula is C17H24N2O. The van der Waals surface area contributed by atoms with Crippen LogP contribution in [0.15, 0.2) is 24.3 Å². The molecule has 1 saturated carbocycles. The van der Waals surface area contributed by atoms with Crippen molar-refractivity contribution in [2.45, 2.75) is 57.0 Å². The molecule has 1 aromatic rings. The molecule has 3 unspecified atom stereocenters. The predicted octanol–water partition coefficient (Wildman–Crippen LogP) is 2.18. The number of nitrogens with one attached hydrogen (secondary N) is 1. The molecule has 0 aliphatic heterocycles. The van der Waals surface area contributed by atoms with Crippen molar-refractivity contribution in [2.75, 3.05) is 0 Å². The lowest BCUT2D eigenvalue weighted by molar-refractivity contribution is -0.127. The first-order valence-corrected chi connectivity index (χ1v) is 7.87. The highest BCUT2D eigenvalue weighted by Gasteiger charge is 2.30. The van der Waals surface area contributed by atoms with Gasteiger partial charge in [-0.1, -0.05) is 37.1 Å². The molecule has 108 valence electrons. The lowest BCUT2D eigenvalue weighted by atomic mass is 9.83. The molecule has 20 heavy (non-hydrogen) atoms. The van der Waals surface area contributed by atoms with Gasteiger partial charge < -0.3 is 11.1 Å². The predicted molar refractivity (Wildman–Crippen MR) is 80.3 cm³/mol. The van der Waals surface area contributed by atoms with Gasteiger partial charge in [-0.3, -0.25) is 4.79 Å². The molecule has 3 N–H and O–H groups in total. The molecule has 0 bridgehead atoms. The number of hydrogen-bond donors (Lipinski definition) is 2. The Morgan fingerprint density at radius 3 is 2.65 bits per heavy atom. The molecule has 3 atom stereocenters. The number of carbonyl (C=O) groups excluding carboxylic acids is 1. The fourth-order valence-electron chi connectivity index (χ4n) is 3.61. The molecule has 0 aromatic heterocycles. The highest BCUT2D eigenvalue weighted by Crippen LogP contribution is 2.25. The Labute approximate surface area is 120 Å². The van der Waals surface area contributed by atoms with Gasteiger partial charge >= 0.3 is 0 Å². The summed E-state index contributed by atoms with van der Waals surface area (Å²) in [5.74, 6) is 0.211. The van der Waals surface area contributed by atoms with E-state index in [4.69, 9.17) is 5.73 Å². The van der Waals surface area contributed by atoms with Crippen LogP contribution >= 0.6 is 0 Å². The average Bonchev–Trinajstić information content (AvgIpc) is 2.47. The summed E-state index contributed by atoms with van der Waals surface area (Å²) in [6, 6.07) is 8.90. The van der Waals surface area contributed by atoms with Crippen LogP contribution in [0.1, 0.15) is 43.2 Å². The van der Waals surface area contributed by atoms with Crippen molar-refractivity contribution in [3.8, 4) is 0 Å². The Kier molecular flexibility index (Phi) is 4.06. The van der Waals surface area contributed by atoms with Crippen molar-refractivity contribution < 1.29 is 4.79 Å². The van der Waals surface area contributed by atoms with Crippen molar-refractivity contribution >= 4 is 5.91 Å². The van der Waals surface area contributed by atoms with E-state index in [2.05, 4.69) is 29.6 Å². The van der Waals surface area contributed by atoms with E-state index in [1.807, 2.05) is 0 Å². The fourth-order valence-corrected chi connectivity index (χ4v) is 3.61. The maximum absolute atomic E-state index is 12.4. The Morgan fingerprint density at radius 2 is 1.85 bits per heavy atom. The molecule has 0 radical (unpaired) electrons. The first kappa shape index (κ1) is 13.6. The van der Waals surface area contributed by atoms with E-state index in [0.29, 0.717) is 0 Å². The zero-order valence-electron chi connectivity index (χ0n) is 12.0. The third-order valence-corrected chi connectivity index (χ3v) is 4.85. The summed E-state index contributed by atoms with van der Waals surface area (Å²) < 4.78 is 0. The van der Waals surface area contributed by atoms with Crippen molar-refractivity contribution in [2.24, 2.45) is 11.7 Å². The summed E-state index contributed by atoms with van der Waals surface area (Å²) in [7, 11) is 0. The van der Waals surface area contributed by atoms with Crippen molar-refractivity contribution in [3.05, 3.63) is 35.4 Å². The zero-order valence-corrected chi connectivity index (χ0v) is 12.0. The van der Waals surface area contributed by atoms with Crippen LogP contribution in [0.2, 0.25) is 0 Å². The summed E-state index contributed by atoms with van der Waals surface area (Å²) in [6.45, 7) is 0. The Morgan fingerprint density at radius 1 is 1.10 bits per heavy atom. The third-order valence-electron chi connectivity index (χ3n) is 4.85. The highest BCUT2D eigenvalue weighted by molar-refractivity contribution is 5.79. The molecule has 3 rings (SSSR count). The first-order valence-electron chi connectivity index (χ1n) is 7.87.